The highest BCUT2D eigenvalue weighted by atomic mass is 19.1. The van der Waals surface area contributed by atoms with Gasteiger partial charge in [-0.05, 0) is 73.0 Å². The van der Waals surface area contributed by atoms with Crippen LogP contribution in [0.15, 0.2) is 91.1 Å². The summed E-state index contributed by atoms with van der Waals surface area (Å²) in [6.07, 6.45) is 3.47. The number of anilines is 2. The topological polar surface area (TPSA) is 66.9 Å². The van der Waals surface area contributed by atoms with Gasteiger partial charge in [0.15, 0.2) is 5.82 Å². The summed E-state index contributed by atoms with van der Waals surface area (Å²) in [6.45, 7) is 0.626. The van der Waals surface area contributed by atoms with Crippen LogP contribution in [0.5, 0.6) is 0 Å². The van der Waals surface area contributed by atoms with Gasteiger partial charge in [-0.3, -0.25) is 4.79 Å². The van der Waals surface area contributed by atoms with E-state index in [2.05, 4.69) is 32.7 Å². The molecule has 1 amide bonds. The maximum atomic E-state index is 13.1. The zero-order valence-electron chi connectivity index (χ0n) is 17.5. The zero-order chi connectivity index (χ0) is 22.2. The molecular weight excluding hydrogens is 403 g/mol. The van der Waals surface area contributed by atoms with E-state index in [1.54, 1.807) is 36.5 Å². The lowest BCUT2D eigenvalue weighted by atomic mass is 10.1. The average molecular weight is 426 g/mol. The summed E-state index contributed by atoms with van der Waals surface area (Å²) in [5, 5.41) is 6.17. The van der Waals surface area contributed by atoms with Crippen molar-refractivity contribution in [2.24, 2.45) is 0 Å². The number of benzene rings is 3. The van der Waals surface area contributed by atoms with E-state index < -0.39 is 0 Å². The number of amides is 1. The van der Waals surface area contributed by atoms with Crippen LogP contribution in [-0.2, 0) is 6.42 Å². The number of halogens is 1. The molecule has 0 unspecified atom stereocenters. The van der Waals surface area contributed by atoms with Gasteiger partial charge in [0.2, 0.25) is 0 Å². The van der Waals surface area contributed by atoms with Crippen LogP contribution in [0.2, 0.25) is 0 Å². The SMILES string of the molecule is O=C(NCCCc1ccccc1)c1ccc(Nc2ccnc(-c3ccc(F)cc3)n2)cc1. The number of hydrogen-bond acceptors (Lipinski definition) is 4. The fraction of sp³-hybridized carbons (Fsp3) is 0.115. The van der Waals surface area contributed by atoms with Crippen molar-refractivity contribution < 1.29 is 9.18 Å². The summed E-state index contributed by atoms with van der Waals surface area (Å²) in [4.78, 5) is 21.1. The number of carbonyl (C=O) groups is 1. The molecule has 0 saturated carbocycles. The Balaban J connectivity index is 1.31. The van der Waals surface area contributed by atoms with Crippen molar-refractivity contribution in [3.8, 4) is 11.4 Å². The van der Waals surface area contributed by atoms with Gasteiger partial charge in [0.05, 0.1) is 0 Å². The summed E-state index contributed by atoms with van der Waals surface area (Å²) in [5.74, 6) is 0.715. The lowest BCUT2D eigenvalue weighted by molar-refractivity contribution is 0.0953. The Morgan fingerprint density at radius 2 is 1.62 bits per heavy atom. The lowest BCUT2D eigenvalue weighted by Gasteiger charge is -2.09. The monoisotopic (exact) mass is 426 g/mol. The highest BCUT2D eigenvalue weighted by Gasteiger charge is 2.07. The van der Waals surface area contributed by atoms with Gasteiger partial charge in [0.1, 0.15) is 11.6 Å². The molecule has 32 heavy (non-hydrogen) atoms. The molecule has 0 bridgehead atoms. The number of aryl methyl sites for hydroxylation is 1. The van der Waals surface area contributed by atoms with Crippen LogP contribution in [0.25, 0.3) is 11.4 Å². The van der Waals surface area contributed by atoms with Gasteiger partial charge in [-0.15, -0.1) is 0 Å². The molecule has 6 heteroatoms. The predicted octanol–water partition coefficient (Wildman–Crippen LogP) is 5.39. The highest BCUT2D eigenvalue weighted by Crippen LogP contribution is 2.20. The van der Waals surface area contributed by atoms with Gasteiger partial charge in [0, 0.05) is 29.6 Å². The molecule has 0 atom stereocenters. The second-order valence-electron chi connectivity index (χ2n) is 7.32. The van der Waals surface area contributed by atoms with Crippen LogP contribution in [0.3, 0.4) is 0 Å². The Morgan fingerprint density at radius 1 is 0.875 bits per heavy atom. The first-order valence-electron chi connectivity index (χ1n) is 10.5. The van der Waals surface area contributed by atoms with E-state index in [9.17, 15) is 9.18 Å². The molecule has 4 aromatic rings. The van der Waals surface area contributed by atoms with E-state index in [-0.39, 0.29) is 11.7 Å². The lowest BCUT2D eigenvalue weighted by Crippen LogP contribution is -2.24. The molecule has 1 heterocycles. The molecule has 0 saturated heterocycles. The molecule has 0 fully saturated rings. The smallest absolute Gasteiger partial charge is 0.251 e. The van der Waals surface area contributed by atoms with Crippen LogP contribution in [0.4, 0.5) is 15.9 Å². The normalized spacial score (nSPS) is 10.5. The Kier molecular flexibility index (Phi) is 6.82. The van der Waals surface area contributed by atoms with Crippen molar-refractivity contribution in [1.29, 1.82) is 0 Å². The molecule has 0 spiro atoms. The summed E-state index contributed by atoms with van der Waals surface area (Å²) >= 11 is 0. The molecule has 0 radical (unpaired) electrons. The van der Waals surface area contributed by atoms with Gasteiger partial charge in [-0.1, -0.05) is 30.3 Å². The Labute approximate surface area is 186 Å². The summed E-state index contributed by atoms with van der Waals surface area (Å²) in [5.41, 5.74) is 3.40. The van der Waals surface area contributed by atoms with Gasteiger partial charge < -0.3 is 10.6 Å². The third-order valence-electron chi connectivity index (χ3n) is 4.95. The minimum absolute atomic E-state index is 0.0924. The van der Waals surface area contributed by atoms with Crippen LogP contribution in [0, 0.1) is 5.82 Å². The van der Waals surface area contributed by atoms with Crippen molar-refractivity contribution in [3.05, 3.63) is 108 Å². The molecule has 2 N–H and O–H groups in total. The van der Waals surface area contributed by atoms with Crippen LogP contribution < -0.4 is 10.6 Å². The van der Waals surface area contributed by atoms with Crippen LogP contribution >= 0.6 is 0 Å². The van der Waals surface area contributed by atoms with Crippen molar-refractivity contribution in [1.82, 2.24) is 15.3 Å². The maximum Gasteiger partial charge on any atom is 0.251 e. The van der Waals surface area contributed by atoms with Gasteiger partial charge >= 0.3 is 0 Å². The fourth-order valence-electron chi connectivity index (χ4n) is 3.26. The molecule has 4 rings (SSSR count). The molecule has 1 aromatic heterocycles. The van der Waals surface area contributed by atoms with Gasteiger partial charge in [-0.25, -0.2) is 14.4 Å². The number of rotatable bonds is 8. The first kappa shape index (κ1) is 21.2. The number of nitrogens with zero attached hydrogens (tertiary/aromatic N) is 2. The third kappa shape index (κ3) is 5.76. The summed E-state index contributed by atoms with van der Waals surface area (Å²) < 4.78 is 13.1. The average Bonchev–Trinajstić information content (AvgIpc) is 2.83. The standard InChI is InChI=1S/C26H23FN4O/c27-22-12-8-20(9-13-22)25-28-18-16-24(31-25)30-23-14-10-21(11-15-23)26(32)29-17-4-7-19-5-2-1-3-6-19/h1-3,5-6,8-16,18H,4,7,17H2,(H,29,32)(H,28,30,31). The summed E-state index contributed by atoms with van der Waals surface area (Å²) in [7, 11) is 0. The highest BCUT2D eigenvalue weighted by molar-refractivity contribution is 5.94. The molecule has 3 aromatic carbocycles. The Morgan fingerprint density at radius 3 is 2.38 bits per heavy atom. The van der Waals surface area contributed by atoms with E-state index in [0.29, 0.717) is 23.8 Å². The van der Waals surface area contributed by atoms with Crippen molar-refractivity contribution in [3.63, 3.8) is 0 Å². The quantitative estimate of drug-likeness (QED) is 0.371. The third-order valence-corrected chi connectivity index (χ3v) is 4.95. The van der Waals surface area contributed by atoms with Crippen molar-refractivity contribution in [2.75, 3.05) is 11.9 Å². The first-order valence-corrected chi connectivity index (χ1v) is 10.5. The van der Waals surface area contributed by atoms with E-state index >= 15 is 0 Å². The molecule has 0 aliphatic heterocycles. The summed E-state index contributed by atoms with van der Waals surface area (Å²) in [6, 6.07) is 25.2. The second kappa shape index (κ2) is 10.3. The number of carbonyl (C=O) groups excluding carboxylic acids is 1. The van der Waals surface area contributed by atoms with Gasteiger partial charge in [-0.2, -0.15) is 0 Å². The van der Waals surface area contributed by atoms with Crippen LogP contribution in [0.1, 0.15) is 22.3 Å². The minimum Gasteiger partial charge on any atom is -0.352 e. The molecule has 0 aliphatic rings. The molecular formula is C26H23FN4O. The van der Waals surface area contributed by atoms with Crippen molar-refractivity contribution in [2.45, 2.75) is 12.8 Å². The van der Waals surface area contributed by atoms with E-state index in [0.717, 1.165) is 24.1 Å². The van der Waals surface area contributed by atoms with E-state index in [1.165, 1.54) is 17.7 Å². The molecule has 160 valence electrons. The number of aromatic nitrogens is 2. The number of nitrogens with one attached hydrogen (secondary N) is 2. The zero-order valence-corrected chi connectivity index (χ0v) is 17.5. The van der Waals surface area contributed by atoms with Crippen molar-refractivity contribution >= 4 is 17.4 Å². The Hall–Kier alpha value is -4.06. The predicted molar refractivity (Wildman–Crippen MR) is 124 cm³/mol. The van der Waals surface area contributed by atoms with Crippen LogP contribution in [-0.4, -0.2) is 22.4 Å². The largest absolute Gasteiger partial charge is 0.352 e. The number of hydrogen-bond donors (Lipinski definition) is 2. The fourth-order valence-corrected chi connectivity index (χ4v) is 3.26. The Bertz CT molecular complexity index is 1160. The molecule has 5 nitrogen and oxygen atoms in total. The minimum atomic E-state index is -0.302. The first-order chi connectivity index (χ1) is 15.7. The second-order valence-corrected chi connectivity index (χ2v) is 7.32. The molecule has 0 aliphatic carbocycles. The maximum absolute atomic E-state index is 13.1. The van der Waals surface area contributed by atoms with Gasteiger partial charge in [0.25, 0.3) is 5.91 Å². The van der Waals surface area contributed by atoms with E-state index in [1.807, 2.05) is 30.3 Å². The van der Waals surface area contributed by atoms with E-state index in [4.69, 9.17) is 0 Å².